The van der Waals surface area contributed by atoms with Gasteiger partial charge in [-0.2, -0.15) is 0 Å². The van der Waals surface area contributed by atoms with E-state index >= 15 is 0 Å². The number of nitrogens with zero attached hydrogens (tertiary/aromatic N) is 3. The van der Waals surface area contributed by atoms with Gasteiger partial charge in [0.2, 0.25) is 5.91 Å². The van der Waals surface area contributed by atoms with Crippen LogP contribution in [0.3, 0.4) is 0 Å². The number of carbonyl (C=O) groups is 1. The lowest BCUT2D eigenvalue weighted by Gasteiger charge is -2.11. The van der Waals surface area contributed by atoms with Crippen LogP contribution in [0.15, 0.2) is 67.3 Å². The lowest BCUT2D eigenvalue weighted by atomic mass is 10.1. The van der Waals surface area contributed by atoms with E-state index in [1.54, 1.807) is 12.5 Å². The molecule has 0 aliphatic rings. The van der Waals surface area contributed by atoms with Crippen molar-refractivity contribution >= 4 is 5.91 Å². The summed E-state index contributed by atoms with van der Waals surface area (Å²) in [7, 11) is 0. The summed E-state index contributed by atoms with van der Waals surface area (Å²) in [5.74, 6) is -0.168. The number of hydrogen-bond acceptors (Lipinski definition) is 4. The molecule has 3 N–H and O–H groups in total. The smallest absolute Gasteiger partial charge is 0.237 e. The summed E-state index contributed by atoms with van der Waals surface area (Å²) >= 11 is 0. The van der Waals surface area contributed by atoms with E-state index in [1.807, 2.05) is 47.2 Å². The van der Waals surface area contributed by atoms with Crippen LogP contribution in [0.25, 0.3) is 0 Å². The van der Waals surface area contributed by atoms with Crippen molar-refractivity contribution < 1.29 is 4.79 Å². The van der Waals surface area contributed by atoms with Crippen LogP contribution in [-0.2, 0) is 24.2 Å². The molecule has 0 radical (unpaired) electrons. The number of nitrogens with two attached hydrogens (primary N) is 1. The Bertz CT molecular complexity index is 816. The van der Waals surface area contributed by atoms with Gasteiger partial charge in [0.1, 0.15) is 0 Å². The molecule has 3 rings (SSSR count). The molecule has 0 aliphatic carbocycles. The minimum atomic E-state index is -0.612. The van der Waals surface area contributed by atoms with E-state index in [2.05, 4.69) is 27.4 Å². The maximum atomic E-state index is 12.1. The number of benzene rings is 1. The van der Waals surface area contributed by atoms with E-state index in [0.717, 1.165) is 17.9 Å². The second-order valence-electron chi connectivity index (χ2n) is 6.20. The quantitative estimate of drug-likeness (QED) is 0.646. The van der Waals surface area contributed by atoms with Crippen LogP contribution >= 0.6 is 0 Å². The largest absolute Gasteiger partial charge is 0.354 e. The van der Waals surface area contributed by atoms with Crippen LogP contribution in [0.5, 0.6) is 0 Å². The summed E-state index contributed by atoms with van der Waals surface area (Å²) in [6.07, 6.45) is 6.55. The van der Waals surface area contributed by atoms with Gasteiger partial charge in [0.15, 0.2) is 0 Å². The number of aromatic nitrogens is 3. The Kier molecular flexibility index (Phi) is 6.11. The van der Waals surface area contributed by atoms with Crippen LogP contribution in [0, 0.1) is 0 Å². The third-order valence-corrected chi connectivity index (χ3v) is 4.07. The molecule has 0 spiro atoms. The fraction of sp³-hybridized carbons (Fsp3) is 0.250. The Morgan fingerprint density at radius 2 is 1.88 bits per heavy atom. The number of rotatable bonds is 8. The van der Waals surface area contributed by atoms with Crippen molar-refractivity contribution in [3.63, 3.8) is 0 Å². The third-order valence-electron chi connectivity index (χ3n) is 4.07. The number of nitrogens with one attached hydrogen (secondary N) is 1. The van der Waals surface area contributed by atoms with E-state index in [1.165, 1.54) is 5.56 Å². The summed E-state index contributed by atoms with van der Waals surface area (Å²) in [6, 6.07) is 15.3. The second-order valence-corrected chi connectivity index (χ2v) is 6.20. The number of pyridine rings is 1. The van der Waals surface area contributed by atoms with Crippen LogP contribution in [0.2, 0.25) is 0 Å². The van der Waals surface area contributed by atoms with Crippen molar-refractivity contribution in [1.29, 1.82) is 0 Å². The Hall–Kier alpha value is -2.99. The third kappa shape index (κ3) is 5.26. The molecule has 0 fully saturated rings. The number of carbonyl (C=O) groups excluding carboxylic acids is 1. The molecule has 6 nitrogen and oxygen atoms in total. The van der Waals surface area contributed by atoms with Crippen LogP contribution in [-0.4, -0.2) is 33.0 Å². The molecule has 26 heavy (non-hydrogen) atoms. The minimum absolute atomic E-state index is 0.168. The Labute approximate surface area is 153 Å². The van der Waals surface area contributed by atoms with Gasteiger partial charge in [-0.1, -0.05) is 36.4 Å². The summed E-state index contributed by atoms with van der Waals surface area (Å²) in [5.41, 5.74) is 8.97. The van der Waals surface area contributed by atoms with Crippen molar-refractivity contribution in [3.05, 3.63) is 84.2 Å². The van der Waals surface area contributed by atoms with Gasteiger partial charge >= 0.3 is 0 Å². The summed E-state index contributed by atoms with van der Waals surface area (Å²) < 4.78 is 2.00. The standard InChI is InChI=1S/C20H23N5O/c21-19(20(26)23-11-9-17-8-4-5-10-22-17)12-18-14-25(15-24-18)13-16-6-2-1-3-7-16/h1-8,10,14-15,19H,9,11-13,21H2,(H,23,26)/t19-/m0/s1. The van der Waals surface area contributed by atoms with Crippen molar-refractivity contribution in [2.24, 2.45) is 5.73 Å². The highest BCUT2D eigenvalue weighted by Crippen LogP contribution is 2.05. The maximum absolute atomic E-state index is 12.1. The normalized spacial score (nSPS) is 11.9. The van der Waals surface area contributed by atoms with E-state index in [9.17, 15) is 4.79 Å². The van der Waals surface area contributed by atoms with Gasteiger partial charge < -0.3 is 15.6 Å². The number of amides is 1. The zero-order chi connectivity index (χ0) is 18.2. The van der Waals surface area contributed by atoms with Crippen LogP contribution in [0.1, 0.15) is 17.0 Å². The maximum Gasteiger partial charge on any atom is 0.237 e. The van der Waals surface area contributed by atoms with E-state index in [0.29, 0.717) is 19.4 Å². The van der Waals surface area contributed by atoms with Crippen LogP contribution < -0.4 is 11.1 Å². The zero-order valence-corrected chi connectivity index (χ0v) is 14.6. The molecule has 2 heterocycles. The fourth-order valence-corrected chi connectivity index (χ4v) is 2.70. The number of hydrogen-bond donors (Lipinski definition) is 2. The topological polar surface area (TPSA) is 85.8 Å². The predicted octanol–water partition coefficient (Wildman–Crippen LogP) is 1.56. The Morgan fingerprint density at radius 3 is 2.65 bits per heavy atom. The first-order valence-corrected chi connectivity index (χ1v) is 8.68. The molecule has 2 aromatic heterocycles. The molecular formula is C20H23N5O. The van der Waals surface area contributed by atoms with Crippen molar-refractivity contribution in [1.82, 2.24) is 19.9 Å². The van der Waals surface area contributed by atoms with E-state index in [-0.39, 0.29) is 5.91 Å². The highest BCUT2D eigenvalue weighted by molar-refractivity contribution is 5.81. The zero-order valence-electron chi connectivity index (χ0n) is 14.6. The molecule has 1 amide bonds. The first-order chi connectivity index (χ1) is 12.7. The lowest BCUT2D eigenvalue weighted by molar-refractivity contribution is -0.122. The molecule has 6 heteroatoms. The van der Waals surface area contributed by atoms with E-state index < -0.39 is 6.04 Å². The summed E-state index contributed by atoms with van der Waals surface area (Å²) in [5, 5.41) is 2.86. The van der Waals surface area contributed by atoms with Crippen LogP contribution in [0.4, 0.5) is 0 Å². The molecule has 0 saturated heterocycles. The molecule has 1 atom stereocenters. The first kappa shape index (κ1) is 17.8. The molecule has 3 aromatic rings. The minimum Gasteiger partial charge on any atom is -0.354 e. The highest BCUT2D eigenvalue weighted by Gasteiger charge is 2.15. The SMILES string of the molecule is N[C@@H](Cc1cn(Cc2ccccc2)cn1)C(=O)NCCc1ccccn1. The fourth-order valence-electron chi connectivity index (χ4n) is 2.70. The van der Waals surface area contributed by atoms with Gasteiger partial charge in [-0.15, -0.1) is 0 Å². The van der Waals surface area contributed by atoms with Gasteiger partial charge in [-0.05, 0) is 17.7 Å². The van der Waals surface area contributed by atoms with Gasteiger partial charge in [0.25, 0.3) is 0 Å². The predicted molar refractivity (Wildman–Crippen MR) is 100 cm³/mol. The molecule has 0 saturated carbocycles. The average Bonchev–Trinajstić information content (AvgIpc) is 3.10. The van der Waals surface area contributed by atoms with Crippen molar-refractivity contribution in [2.45, 2.75) is 25.4 Å². The molecule has 1 aromatic carbocycles. The molecule has 0 aliphatic heterocycles. The Balaban J connectivity index is 1.45. The average molecular weight is 349 g/mol. The van der Waals surface area contributed by atoms with Gasteiger partial charge in [-0.25, -0.2) is 4.98 Å². The summed E-state index contributed by atoms with van der Waals surface area (Å²) in [6.45, 7) is 1.27. The highest BCUT2D eigenvalue weighted by atomic mass is 16.2. The van der Waals surface area contributed by atoms with Crippen molar-refractivity contribution in [2.75, 3.05) is 6.54 Å². The van der Waals surface area contributed by atoms with Gasteiger partial charge in [0.05, 0.1) is 18.1 Å². The molecule has 134 valence electrons. The Morgan fingerprint density at radius 1 is 1.08 bits per heavy atom. The molecular weight excluding hydrogens is 326 g/mol. The van der Waals surface area contributed by atoms with Crippen molar-refractivity contribution in [3.8, 4) is 0 Å². The molecule has 0 bridgehead atoms. The second kappa shape index (κ2) is 8.92. The molecule has 0 unspecified atom stereocenters. The monoisotopic (exact) mass is 349 g/mol. The van der Waals surface area contributed by atoms with Gasteiger partial charge in [-0.3, -0.25) is 9.78 Å². The first-order valence-electron chi connectivity index (χ1n) is 8.68. The number of imidazole rings is 1. The van der Waals surface area contributed by atoms with Gasteiger partial charge in [0, 0.05) is 44.0 Å². The van der Waals surface area contributed by atoms with E-state index in [4.69, 9.17) is 5.73 Å². The summed E-state index contributed by atoms with van der Waals surface area (Å²) in [4.78, 5) is 20.7. The lowest BCUT2D eigenvalue weighted by Crippen LogP contribution is -2.42.